The maximum Gasteiger partial charge on any atom is 0.211 e. The number of sulfonamides is 1. The molecule has 0 aliphatic heterocycles. The van der Waals surface area contributed by atoms with Crippen molar-refractivity contribution in [3.05, 3.63) is 0 Å². The van der Waals surface area contributed by atoms with E-state index in [4.69, 9.17) is 5.73 Å². The average molecular weight is 220 g/mol. The number of nitrogens with two attached hydrogens (primary N) is 1. The lowest BCUT2D eigenvalue weighted by molar-refractivity contribution is 0.297. The number of nitrogens with one attached hydrogen (secondary N) is 1. The molecule has 0 heterocycles. The molecule has 1 aliphatic rings. The molecule has 14 heavy (non-hydrogen) atoms. The van der Waals surface area contributed by atoms with Gasteiger partial charge in [-0.05, 0) is 25.3 Å². The molecule has 0 bridgehead atoms. The van der Waals surface area contributed by atoms with Crippen LogP contribution in [-0.2, 0) is 10.0 Å². The minimum atomic E-state index is -3.05. The monoisotopic (exact) mass is 220 g/mol. The topological polar surface area (TPSA) is 72.2 Å². The van der Waals surface area contributed by atoms with Crippen LogP contribution in [0, 0.1) is 5.92 Å². The molecule has 1 fully saturated rings. The average Bonchev–Trinajstić information content (AvgIpc) is 2.06. The second-order valence-corrected chi connectivity index (χ2v) is 5.87. The van der Waals surface area contributed by atoms with Gasteiger partial charge < -0.3 is 5.73 Å². The Labute approximate surface area is 86.3 Å². The van der Waals surface area contributed by atoms with Crippen molar-refractivity contribution in [2.45, 2.75) is 32.1 Å². The second-order valence-electron chi connectivity index (χ2n) is 3.94. The minimum Gasteiger partial charge on any atom is -0.330 e. The van der Waals surface area contributed by atoms with E-state index >= 15 is 0 Å². The molecular formula is C9H20N2O2S. The highest BCUT2D eigenvalue weighted by Crippen LogP contribution is 2.28. The Balaban J connectivity index is 2.08. The molecule has 5 heteroatoms. The molecule has 4 nitrogen and oxygen atoms in total. The van der Waals surface area contributed by atoms with E-state index in [0.29, 0.717) is 19.5 Å². The molecule has 1 aliphatic carbocycles. The SMILES string of the molecule is NCCCS(=O)(=O)NCCC1CCC1. The summed E-state index contributed by atoms with van der Waals surface area (Å²) >= 11 is 0. The Hall–Kier alpha value is -0.130. The molecule has 84 valence electrons. The Morgan fingerprint density at radius 1 is 1.36 bits per heavy atom. The van der Waals surface area contributed by atoms with E-state index in [1.165, 1.54) is 19.3 Å². The standard InChI is InChI=1S/C9H20N2O2S/c10-6-2-8-14(12,13)11-7-5-9-3-1-4-9/h9,11H,1-8,10H2. The number of hydrogen-bond acceptors (Lipinski definition) is 3. The first-order chi connectivity index (χ1) is 6.64. The first kappa shape index (κ1) is 11.9. The van der Waals surface area contributed by atoms with Crippen LogP contribution in [0.3, 0.4) is 0 Å². The third kappa shape index (κ3) is 4.39. The van der Waals surface area contributed by atoms with Gasteiger partial charge in [0.15, 0.2) is 0 Å². The van der Waals surface area contributed by atoms with Gasteiger partial charge in [0, 0.05) is 6.54 Å². The summed E-state index contributed by atoms with van der Waals surface area (Å²) in [7, 11) is -3.05. The van der Waals surface area contributed by atoms with Crippen LogP contribution in [0.4, 0.5) is 0 Å². The number of rotatable bonds is 7. The van der Waals surface area contributed by atoms with Gasteiger partial charge >= 0.3 is 0 Å². The van der Waals surface area contributed by atoms with E-state index < -0.39 is 10.0 Å². The molecule has 0 saturated heterocycles. The van der Waals surface area contributed by atoms with Crippen molar-refractivity contribution >= 4 is 10.0 Å². The first-order valence-electron chi connectivity index (χ1n) is 5.31. The van der Waals surface area contributed by atoms with Crippen LogP contribution < -0.4 is 10.5 Å². The third-order valence-electron chi connectivity index (χ3n) is 2.72. The van der Waals surface area contributed by atoms with E-state index in [1.807, 2.05) is 0 Å². The summed E-state index contributed by atoms with van der Waals surface area (Å²) in [4.78, 5) is 0. The van der Waals surface area contributed by atoms with Gasteiger partial charge in [0.1, 0.15) is 0 Å². The summed E-state index contributed by atoms with van der Waals surface area (Å²) in [5.41, 5.74) is 5.25. The van der Waals surface area contributed by atoms with Crippen LogP contribution in [-0.4, -0.2) is 27.3 Å². The molecule has 0 spiro atoms. The lowest BCUT2D eigenvalue weighted by atomic mass is 9.83. The molecule has 1 saturated carbocycles. The fourth-order valence-electron chi connectivity index (χ4n) is 1.55. The molecule has 0 atom stereocenters. The zero-order valence-corrected chi connectivity index (χ0v) is 9.35. The summed E-state index contributed by atoms with van der Waals surface area (Å²) in [5, 5.41) is 0. The summed E-state index contributed by atoms with van der Waals surface area (Å²) in [5.74, 6) is 0.918. The van der Waals surface area contributed by atoms with Crippen LogP contribution in [0.2, 0.25) is 0 Å². The van der Waals surface area contributed by atoms with Gasteiger partial charge in [-0.1, -0.05) is 19.3 Å². The van der Waals surface area contributed by atoms with Crippen molar-refractivity contribution in [1.82, 2.24) is 4.72 Å². The first-order valence-corrected chi connectivity index (χ1v) is 6.96. The highest BCUT2D eigenvalue weighted by atomic mass is 32.2. The lowest BCUT2D eigenvalue weighted by Crippen LogP contribution is -2.30. The van der Waals surface area contributed by atoms with Gasteiger partial charge in [-0.15, -0.1) is 0 Å². The maximum absolute atomic E-state index is 11.3. The van der Waals surface area contributed by atoms with Crippen molar-refractivity contribution in [1.29, 1.82) is 0 Å². The smallest absolute Gasteiger partial charge is 0.211 e. The van der Waals surface area contributed by atoms with Gasteiger partial charge in [-0.25, -0.2) is 13.1 Å². The quantitative estimate of drug-likeness (QED) is 0.654. The predicted molar refractivity (Wildman–Crippen MR) is 57.4 cm³/mol. The fourth-order valence-corrected chi connectivity index (χ4v) is 2.67. The van der Waals surface area contributed by atoms with Crippen LogP contribution in [0.1, 0.15) is 32.1 Å². The Morgan fingerprint density at radius 3 is 2.57 bits per heavy atom. The van der Waals surface area contributed by atoms with Crippen molar-refractivity contribution < 1.29 is 8.42 Å². The zero-order valence-electron chi connectivity index (χ0n) is 8.54. The minimum absolute atomic E-state index is 0.161. The molecule has 0 unspecified atom stereocenters. The van der Waals surface area contributed by atoms with Gasteiger partial charge in [-0.3, -0.25) is 0 Å². The Bertz CT molecular complexity index is 248. The molecule has 0 radical (unpaired) electrons. The largest absolute Gasteiger partial charge is 0.330 e. The summed E-state index contributed by atoms with van der Waals surface area (Å²) in [6.07, 6.45) is 5.38. The van der Waals surface area contributed by atoms with E-state index in [-0.39, 0.29) is 5.75 Å². The molecular weight excluding hydrogens is 200 g/mol. The molecule has 3 N–H and O–H groups in total. The van der Waals surface area contributed by atoms with Crippen LogP contribution in [0.15, 0.2) is 0 Å². The van der Waals surface area contributed by atoms with Crippen molar-refractivity contribution in [2.75, 3.05) is 18.8 Å². The van der Waals surface area contributed by atoms with Gasteiger partial charge in [0.05, 0.1) is 5.75 Å². The third-order valence-corrected chi connectivity index (χ3v) is 4.19. The maximum atomic E-state index is 11.3. The van der Waals surface area contributed by atoms with E-state index in [0.717, 1.165) is 12.3 Å². The highest BCUT2D eigenvalue weighted by Gasteiger charge is 2.17. The van der Waals surface area contributed by atoms with Crippen molar-refractivity contribution in [3.63, 3.8) is 0 Å². The van der Waals surface area contributed by atoms with E-state index in [9.17, 15) is 8.42 Å². The Morgan fingerprint density at radius 2 is 2.07 bits per heavy atom. The predicted octanol–water partition coefficient (Wildman–Crippen LogP) is 0.445. The summed E-state index contributed by atoms with van der Waals surface area (Å²) in [6, 6.07) is 0. The lowest BCUT2D eigenvalue weighted by Gasteiger charge is -2.25. The van der Waals surface area contributed by atoms with Gasteiger partial charge in [0.2, 0.25) is 10.0 Å². The number of hydrogen-bond donors (Lipinski definition) is 2. The van der Waals surface area contributed by atoms with Crippen molar-refractivity contribution in [3.8, 4) is 0 Å². The molecule has 0 aromatic rings. The zero-order chi connectivity index (χ0) is 10.4. The molecule has 0 amide bonds. The summed E-state index contributed by atoms with van der Waals surface area (Å²) < 4.78 is 25.2. The second kappa shape index (κ2) is 5.68. The van der Waals surface area contributed by atoms with Gasteiger partial charge in [0.25, 0.3) is 0 Å². The Kier molecular flexibility index (Phi) is 4.84. The fraction of sp³-hybridized carbons (Fsp3) is 1.00. The van der Waals surface area contributed by atoms with Crippen LogP contribution in [0.5, 0.6) is 0 Å². The normalized spacial score (nSPS) is 18.1. The van der Waals surface area contributed by atoms with E-state index in [2.05, 4.69) is 4.72 Å². The van der Waals surface area contributed by atoms with E-state index in [1.54, 1.807) is 0 Å². The van der Waals surface area contributed by atoms with Crippen LogP contribution >= 0.6 is 0 Å². The molecule has 0 aromatic heterocycles. The molecule has 1 rings (SSSR count). The molecule has 0 aromatic carbocycles. The van der Waals surface area contributed by atoms with Gasteiger partial charge in [-0.2, -0.15) is 0 Å². The highest BCUT2D eigenvalue weighted by molar-refractivity contribution is 7.89. The van der Waals surface area contributed by atoms with Crippen molar-refractivity contribution in [2.24, 2.45) is 11.7 Å². The van der Waals surface area contributed by atoms with Crippen LogP contribution in [0.25, 0.3) is 0 Å². The summed E-state index contributed by atoms with van der Waals surface area (Å²) in [6.45, 7) is 1.03.